The fourth-order valence-electron chi connectivity index (χ4n) is 3.80. The highest BCUT2D eigenvalue weighted by atomic mass is 28.3. The van der Waals surface area contributed by atoms with Gasteiger partial charge in [-0.25, -0.2) is 4.79 Å². The molecule has 1 aliphatic rings. The van der Waals surface area contributed by atoms with Crippen LogP contribution in [0.25, 0.3) is 0 Å². The molecule has 0 spiro atoms. The molecule has 0 amide bonds. The van der Waals surface area contributed by atoms with Gasteiger partial charge < -0.3 is 4.74 Å². The lowest BCUT2D eigenvalue weighted by Crippen LogP contribution is -2.48. The van der Waals surface area contributed by atoms with E-state index >= 15 is 0 Å². The van der Waals surface area contributed by atoms with Crippen molar-refractivity contribution in [1.29, 1.82) is 0 Å². The van der Waals surface area contributed by atoms with Gasteiger partial charge in [-0.3, -0.25) is 0 Å². The van der Waals surface area contributed by atoms with Gasteiger partial charge in [0.2, 0.25) is 0 Å². The molecule has 2 atom stereocenters. The molecule has 1 fully saturated rings. The predicted octanol–water partition coefficient (Wildman–Crippen LogP) is 4.77. The van der Waals surface area contributed by atoms with Crippen LogP contribution in [-0.2, 0) is 4.74 Å². The Balaban J connectivity index is 1.67. The Morgan fingerprint density at radius 1 is 0.958 bits per heavy atom. The van der Waals surface area contributed by atoms with Crippen LogP contribution in [-0.4, -0.2) is 20.1 Å². The van der Waals surface area contributed by atoms with Crippen LogP contribution in [0.15, 0.2) is 60.7 Å². The zero-order valence-electron chi connectivity index (χ0n) is 14.6. The van der Waals surface area contributed by atoms with E-state index in [0.29, 0.717) is 11.1 Å². The van der Waals surface area contributed by atoms with Crippen molar-refractivity contribution in [1.82, 2.24) is 0 Å². The molecule has 1 aliphatic carbocycles. The molecule has 0 aliphatic heterocycles. The zero-order chi connectivity index (χ0) is 17.0. The lowest BCUT2D eigenvalue weighted by molar-refractivity contribution is 0.0209. The Morgan fingerprint density at radius 2 is 1.58 bits per heavy atom. The summed E-state index contributed by atoms with van der Waals surface area (Å²) < 4.78 is 5.82. The lowest BCUT2D eigenvalue weighted by atomic mass is 9.97. The quantitative estimate of drug-likeness (QED) is 0.593. The SMILES string of the molecule is C[Si](C)(c1ccccc1)[C@@H]1CCC[C@@H](OC(=O)c2ccccc2)C1. The van der Waals surface area contributed by atoms with Crippen molar-refractivity contribution in [2.24, 2.45) is 0 Å². The maximum atomic E-state index is 12.3. The highest BCUT2D eigenvalue weighted by molar-refractivity contribution is 6.91. The third-order valence-corrected chi connectivity index (χ3v) is 9.83. The van der Waals surface area contributed by atoms with Crippen molar-refractivity contribution >= 4 is 19.2 Å². The summed E-state index contributed by atoms with van der Waals surface area (Å²) in [5.74, 6) is -0.180. The second-order valence-corrected chi connectivity index (χ2v) is 12.2. The summed E-state index contributed by atoms with van der Waals surface area (Å²) in [6.45, 7) is 4.91. The molecule has 0 saturated heterocycles. The second kappa shape index (κ2) is 7.35. The number of hydrogen-bond donors (Lipinski definition) is 0. The Kier molecular flexibility index (Phi) is 5.19. The van der Waals surface area contributed by atoms with Crippen molar-refractivity contribution in [3.05, 3.63) is 66.2 Å². The van der Waals surface area contributed by atoms with Crippen LogP contribution in [0.4, 0.5) is 0 Å². The summed E-state index contributed by atoms with van der Waals surface area (Å²) >= 11 is 0. The van der Waals surface area contributed by atoms with E-state index in [1.54, 1.807) is 0 Å². The van der Waals surface area contributed by atoms with Gasteiger partial charge in [0.25, 0.3) is 0 Å². The van der Waals surface area contributed by atoms with Crippen LogP contribution in [0.5, 0.6) is 0 Å². The van der Waals surface area contributed by atoms with Gasteiger partial charge in [-0.05, 0) is 36.9 Å². The van der Waals surface area contributed by atoms with E-state index in [1.807, 2.05) is 30.3 Å². The summed E-state index contributed by atoms with van der Waals surface area (Å²) in [6, 6.07) is 20.2. The molecular weight excluding hydrogens is 312 g/mol. The molecule has 2 aromatic rings. The maximum Gasteiger partial charge on any atom is 0.338 e. The summed E-state index contributed by atoms with van der Waals surface area (Å²) in [6.07, 6.45) is 4.47. The normalized spacial score (nSPS) is 21.2. The van der Waals surface area contributed by atoms with Gasteiger partial charge in [0, 0.05) is 0 Å². The highest BCUT2D eigenvalue weighted by Gasteiger charge is 2.38. The van der Waals surface area contributed by atoms with Gasteiger partial charge in [0.15, 0.2) is 0 Å². The largest absolute Gasteiger partial charge is 0.459 e. The number of benzene rings is 2. The van der Waals surface area contributed by atoms with E-state index in [2.05, 4.69) is 43.4 Å². The van der Waals surface area contributed by atoms with E-state index in [0.717, 1.165) is 19.3 Å². The average Bonchev–Trinajstić information content (AvgIpc) is 2.63. The third kappa shape index (κ3) is 3.78. The van der Waals surface area contributed by atoms with E-state index in [9.17, 15) is 4.79 Å². The van der Waals surface area contributed by atoms with E-state index in [1.165, 1.54) is 11.6 Å². The molecule has 126 valence electrons. The minimum atomic E-state index is -1.54. The standard InChI is InChI=1S/C21H26O2Si/c1-24(2,19-13-7-4-8-14-19)20-15-9-12-18(16-20)23-21(22)17-10-5-3-6-11-17/h3-8,10-11,13-14,18,20H,9,12,15-16H2,1-2H3/t18-,20-/m1/s1. The van der Waals surface area contributed by atoms with Crippen LogP contribution in [0, 0.1) is 0 Å². The first kappa shape index (κ1) is 17.0. The molecule has 0 N–H and O–H groups in total. The first-order chi connectivity index (χ1) is 11.6. The fourth-order valence-corrected chi connectivity index (χ4v) is 7.11. The molecule has 1 saturated carbocycles. The smallest absolute Gasteiger partial charge is 0.338 e. The number of ether oxygens (including phenoxy) is 1. The summed E-state index contributed by atoms with van der Waals surface area (Å²) in [5, 5.41) is 1.50. The number of carbonyl (C=O) groups excluding carboxylic acids is 1. The van der Waals surface area contributed by atoms with Crippen molar-refractivity contribution in [3.8, 4) is 0 Å². The second-order valence-electron chi connectivity index (χ2n) is 7.34. The average molecular weight is 339 g/mol. The van der Waals surface area contributed by atoms with Crippen LogP contribution in [0.2, 0.25) is 18.6 Å². The molecule has 2 nitrogen and oxygen atoms in total. The Morgan fingerprint density at radius 3 is 2.25 bits per heavy atom. The fraction of sp³-hybridized carbons (Fsp3) is 0.381. The first-order valence-corrected chi connectivity index (χ1v) is 12.0. The van der Waals surface area contributed by atoms with E-state index in [-0.39, 0.29) is 12.1 Å². The molecule has 3 rings (SSSR count). The first-order valence-electron chi connectivity index (χ1n) is 8.89. The van der Waals surface area contributed by atoms with Gasteiger partial charge >= 0.3 is 5.97 Å². The molecule has 0 unspecified atom stereocenters. The molecule has 3 heteroatoms. The van der Waals surface area contributed by atoms with Gasteiger partial charge in [-0.15, -0.1) is 0 Å². The van der Waals surface area contributed by atoms with Crippen molar-refractivity contribution in [2.45, 2.75) is 50.4 Å². The molecule has 0 radical (unpaired) electrons. The van der Waals surface area contributed by atoms with Crippen LogP contribution >= 0.6 is 0 Å². The van der Waals surface area contributed by atoms with Crippen molar-refractivity contribution < 1.29 is 9.53 Å². The Bertz CT molecular complexity index is 667. The number of esters is 1. The highest BCUT2D eigenvalue weighted by Crippen LogP contribution is 2.38. The topological polar surface area (TPSA) is 26.3 Å². The lowest BCUT2D eigenvalue weighted by Gasteiger charge is -2.38. The number of rotatable bonds is 4. The summed E-state index contributed by atoms with van der Waals surface area (Å²) in [4.78, 5) is 12.3. The van der Waals surface area contributed by atoms with Crippen LogP contribution < -0.4 is 5.19 Å². The molecule has 0 aromatic heterocycles. The van der Waals surface area contributed by atoms with E-state index in [4.69, 9.17) is 4.74 Å². The van der Waals surface area contributed by atoms with Crippen molar-refractivity contribution in [3.63, 3.8) is 0 Å². The summed E-state index contributed by atoms with van der Waals surface area (Å²) in [5.41, 5.74) is 1.32. The molecule has 0 heterocycles. The van der Waals surface area contributed by atoms with Gasteiger partial charge in [0.05, 0.1) is 13.6 Å². The zero-order valence-corrected chi connectivity index (χ0v) is 15.6. The monoisotopic (exact) mass is 338 g/mol. The van der Waals surface area contributed by atoms with Gasteiger partial charge in [-0.1, -0.05) is 73.2 Å². The van der Waals surface area contributed by atoms with Crippen LogP contribution in [0.1, 0.15) is 36.0 Å². The van der Waals surface area contributed by atoms with E-state index < -0.39 is 8.07 Å². The molecule has 24 heavy (non-hydrogen) atoms. The van der Waals surface area contributed by atoms with Gasteiger partial charge in [-0.2, -0.15) is 0 Å². The van der Waals surface area contributed by atoms with Crippen LogP contribution in [0.3, 0.4) is 0 Å². The molecular formula is C21H26O2Si. The van der Waals surface area contributed by atoms with Gasteiger partial charge in [0.1, 0.15) is 6.10 Å². The van der Waals surface area contributed by atoms with Crippen molar-refractivity contribution in [2.75, 3.05) is 0 Å². The summed E-state index contributed by atoms with van der Waals surface area (Å²) in [7, 11) is -1.54. The molecule has 2 aromatic carbocycles. The third-order valence-electron chi connectivity index (χ3n) is 5.45. The predicted molar refractivity (Wildman–Crippen MR) is 101 cm³/mol. The Hall–Kier alpha value is -1.87. The maximum absolute atomic E-state index is 12.3. The Labute approximate surface area is 145 Å². The number of hydrogen-bond acceptors (Lipinski definition) is 2. The minimum Gasteiger partial charge on any atom is -0.459 e. The minimum absolute atomic E-state index is 0.0620. The number of carbonyl (C=O) groups is 1. The molecule has 0 bridgehead atoms.